The van der Waals surface area contributed by atoms with E-state index in [0.717, 1.165) is 5.03 Å². The van der Waals surface area contributed by atoms with Gasteiger partial charge in [-0.25, -0.2) is 4.98 Å². The molecule has 1 aromatic heterocycles. The number of pyridine rings is 1. The Labute approximate surface area is 92.1 Å². The zero-order chi connectivity index (χ0) is 11.1. The van der Waals surface area contributed by atoms with E-state index < -0.39 is 5.92 Å². The van der Waals surface area contributed by atoms with Gasteiger partial charge in [-0.2, -0.15) is 10.5 Å². The predicted octanol–water partition coefficient (Wildman–Crippen LogP) is 1.86. The van der Waals surface area contributed by atoms with E-state index in [0.29, 0.717) is 5.75 Å². The van der Waals surface area contributed by atoms with Crippen LogP contribution in [0.3, 0.4) is 0 Å². The zero-order valence-electron chi connectivity index (χ0n) is 7.84. The van der Waals surface area contributed by atoms with Crippen LogP contribution >= 0.6 is 11.8 Å². The second kappa shape index (κ2) is 5.79. The summed E-state index contributed by atoms with van der Waals surface area (Å²) in [7, 11) is 0. The normalized spacial score (nSPS) is 9.27. The molecule has 15 heavy (non-hydrogen) atoms. The zero-order valence-corrected chi connectivity index (χ0v) is 8.66. The molecule has 0 atom stereocenters. The first-order chi connectivity index (χ1) is 7.27. The molecular weight excluding hydrogens is 208 g/mol. The van der Waals surface area contributed by atoms with E-state index >= 15 is 0 Å². The Bertz CT molecular complexity index is 401. The average Bonchev–Trinajstić information content (AvgIpc) is 2.29. The Balaban J connectivity index is 2.49. The van der Waals surface area contributed by atoms with Crippen molar-refractivity contribution in [3.05, 3.63) is 24.4 Å². The summed E-state index contributed by atoms with van der Waals surface area (Å²) in [5.41, 5.74) is 0.121. The lowest BCUT2D eigenvalue weighted by molar-refractivity contribution is 1.11. The number of hydrogen-bond donors (Lipinski definition) is 1. The maximum atomic E-state index is 8.56. The van der Waals surface area contributed by atoms with Crippen LogP contribution in [0.15, 0.2) is 29.4 Å². The van der Waals surface area contributed by atoms with Gasteiger partial charge in [-0.3, -0.25) is 0 Å². The highest BCUT2D eigenvalue weighted by atomic mass is 32.2. The lowest BCUT2D eigenvalue weighted by Crippen LogP contribution is -2.11. The average molecular weight is 216 g/mol. The van der Waals surface area contributed by atoms with Gasteiger partial charge >= 0.3 is 0 Å². The quantitative estimate of drug-likeness (QED) is 0.615. The molecule has 0 saturated carbocycles. The highest BCUT2D eigenvalue weighted by Crippen LogP contribution is 2.15. The molecule has 0 saturated heterocycles. The molecule has 0 aliphatic heterocycles. The molecule has 0 radical (unpaired) electrons. The number of rotatable bonds is 4. The predicted molar refractivity (Wildman–Crippen MR) is 57.4 cm³/mol. The molecule has 0 aliphatic rings. The van der Waals surface area contributed by atoms with E-state index in [1.807, 2.05) is 18.2 Å². The Hall–Kier alpha value is -1.85. The van der Waals surface area contributed by atoms with Crippen LogP contribution in [-0.4, -0.2) is 16.4 Å². The topological polar surface area (TPSA) is 84.3 Å². The summed E-state index contributed by atoms with van der Waals surface area (Å²) in [6, 6.07) is 9.02. The molecule has 0 amide bonds. The fourth-order valence-corrected chi connectivity index (χ4v) is 1.63. The number of nitrogens with one attached hydrogen (secondary N) is 1. The van der Waals surface area contributed by atoms with Crippen molar-refractivity contribution in [2.75, 3.05) is 5.75 Å². The lowest BCUT2D eigenvalue weighted by Gasteiger charge is -2.02. The van der Waals surface area contributed by atoms with E-state index in [1.54, 1.807) is 18.3 Å². The van der Waals surface area contributed by atoms with Crippen LogP contribution in [0.2, 0.25) is 0 Å². The van der Waals surface area contributed by atoms with Gasteiger partial charge in [0.15, 0.2) is 5.92 Å². The summed E-state index contributed by atoms with van der Waals surface area (Å²) in [5.74, 6) is -0.621. The van der Waals surface area contributed by atoms with Crippen molar-refractivity contribution in [2.45, 2.75) is 5.03 Å². The number of aromatic nitrogens is 1. The third-order valence-electron chi connectivity index (χ3n) is 1.62. The van der Waals surface area contributed by atoms with Crippen LogP contribution < -0.4 is 0 Å². The smallest absolute Gasteiger partial charge is 0.171 e. The second-order valence-electron chi connectivity index (χ2n) is 2.67. The number of nitriles is 2. The molecular formula is C10H8N4S. The highest BCUT2D eigenvalue weighted by Gasteiger charge is 2.12. The SMILES string of the molecule is N#CC(C#N)C(=N)CSc1ccccn1. The first-order valence-electron chi connectivity index (χ1n) is 4.18. The van der Waals surface area contributed by atoms with Gasteiger partial charge in [-0.1, -0.05) is 6.07 Å². The van der Waals surface area contributed by atoms with Crippen molar-refractivity contribution in [1.29, 1.82) is 15.9 Å². The van der Waals surface area contributed by atoms with Crippen molar-refractivity contribution in [2.24, 2.45) is 5.92 Å². The van der Waals surface area contributed by atoms with E-state index in [9.17, 15) is 0 Å². The number of thioether (sulfide) groups is 1. The molecule has 74 valence electrons. The molecule has 0 fully saturated rings. The van der Waals surface area contributed by atoms with E-state index in [1.165, 1.54) is 11.8 Å². The second-order valence-corrected chi connectivity index (χ2v) is 3.67. The van der Waals surface area contributed by atoms with Gasteiger partial charge in [0.25, 0.3) is 0 Å². The van der Waals surface area contributed by atoms with Crippen LogP contribution in [0.4, 0.5) is 0 Å². The molecule has 1 heterocycles. The van der Waals surface area contributed by atoms with Crippen molar-refractivity contribution < 1.29 is 0 Å². The van der Waals surface area contributed by atoms with Crippen LogP contribution in [0, 0.1) is 34.0 Å². The summed E-state index contributed by atoms with van der Waals surface area (Å²) < 4.78 is 0. The molecule has 0 aliphatic carbocycles. The van der Waals surface area contributed by atoms with Gasteiger partial charge in [-0.15, -0.1) is 11.8 Å². The summed E-state index contributed by atoms with van der Waals surface area (Å²) in [6.45, 7) is 0. The fraction of sp³-hybridized carbons (Fsp3) is 0.200. The molecule has 5 heteroatoms. The van der Waals surface area contributed by atoms with Crippen molar-refractivity contribution in [1.82, 2.24) is 4.98 Å². The van der Waals surface area contributed by atoms with Crippen LogP contribution in [0.25, 0.3) is 0 Å². The lowest BCUT2D eigenvalue weighted by atomic mass is 10.1. The van der Waals surface area contributed by atoms with Gasteiger partial charge < -0.3 is 5.41 Å². The van der Waals surface area contributed by atoms with E-state index in [-0.39, 0.29) is 5.71 Å². The monoisotopic (exact) mass is 216 g/mol. The minimum Gasteiger partial charge on any atom is -0.306 e. The van der Waals surface area contributed by atoms with E-state index in [4.69, 9.17) is 15.9 Å². The van der Waals surface area contributed by atoms with Gasteiger partial charge in [0.2, 0.25) is 0 Å². The standard InChI is InChI=1S/C10H8N4S/c11-5-8(6-12)9(13)7-15-10-3-1-2-4-14-10/h1-4,8,13H,7H2. The van der Waals surface area contributed by atoms with Crippen LogP contribution in [0.5, 0.6) is 0 Å². The minimum absolute atomic E-state index is 0.121. The molecule has 1 N–H and O–H groups in total. The summed E-state index contributed by atoms with van der Waals surface area (Å²) in [5, 5.41) is 25.4. The largest absolute Gasteiger partial charge is 0.306 e. The van der Waals surface area contributed by atoms with Crippen molar-refractivity contribution in [3.8, 4) is 12.1 Å². The van der Waals surface area contributed by atoms with E-state index in [2.05, 4.69) is 4.98 Å². The Morgan fingerprint density at radius 2 is 2.20 bits per heavy atom. The molecule has 0 bridgehead atoms. The van der Waals surface area contributed by atoms with Crippen molar-refractivity contribution in [3.63, 3.8) is 0 Å². The van der Waals surface area contributed by atoms with Gasteiger partial charge in [0.1, 0.15) is 0 Å². The van der Waals surface area contributed by atoms with Gasteiger partial charge in [-0.05, 0) is 12.1 Å². The minimum atomic E-state index is -0.943. The molecule has 0 aromatic carbocycles. The third-order valence-corrected chi connectivity index (χ3v) is 2.61. The van der Waals surface area contributed by atoms with Gasteiger partial charge in [0.05, 0.1) is 22.9 Å². The van der Waals surface area contributed by atoms with Crippen molar-refractivity contribution >= 4 is 17.5 Å². The first-order valence-corrected chi connectivity index (χ1v) is 5.17. The molecule has 4 nitrogen and oxygen atoms in total. The third kappa shape index (κ3) is 3.41. The summed E-state index contributed by atoms with van der Waals surface area (Å²) in [4.78, 5) is 4.06. The highest BCUT2D eigenvalue weighted by molar-refractivity contribution is 7.99. The first kappa shape index (κ1) is 11.2. The Morgan fingerprint density at radius 1 is 1.47 bits per heavy atom. The number of hydrogen-bond acceptors (Lipinski definition) is 5. The van der Waals surface area contributed by atoms with Gasteiger partial charge in [0, 0.05) is 11.9 Å². The molecule has 0 spiro atoms. The maximum Gasteiger partial charge on any atom is 0.171 e. The van der Waals surface area contributed by atoms with Crippen LogP contribution in [-0.2, 0) is 0 Å². The Kier molecular flexibility index (Phi) is 4.33. The maximum absolute atomic E-state index is 8.56. The van der Waals surface area contributed by atoms with Crippen LogP contribution in [0.1, 0.15) is 0 Å². The molecule has 0 unspecified atom stereocenters. The summed E-state index contributed by atoms with van der Waals surface area (Å²) >= 11 is 1.35. The fourth-order valence-electron chi connectivity index (χ4n) is 0.852. The molecule has 1 aromatic rings. The number of nitrogens with zero attached hydrogens (tertiary/aromatic N) is 3. The summed E-state index contributed by atoms with van der Waals surface area (Å²) in [6.07, 6.45) is 1.66. The Morgan fingerprint density at radius 3 is 2.73 bits per heavy atom. The molecule has 1 rings (SSSR count).